The van der Waals surface area contributed by atoms with Crippen molar-refractivity contribution in [2.24, 2.45) is 4.99 Å². The van der Waals surface area contributed by atoms with E-state index in [0.717, 1.165) is 5.56 Å². The molecule has 1 amide bonds. The van der Waals surface area contributed by atoms with Crippen molar-refractivity contribution in [3.8, 4) is 5.75 Å². The number of hydrogen-bond acceptors (Lipinski definition) is 4. The van der Waals surface area contributed by atoms with Crippen LogP contribution in [0.3, 0.4) is 0 Å². The number of nitrogens with zero attached hydrogens (tertiary/aromatic N) is 2. The van der Waals surface area contributed by atoms with E-state index in [1.54, 1.807) is 47.4 Å². The first kappa shape index (κ1) is 17.3. The van der Waals surface area contributed by atoms with Crippen LogP contribution in [0.15, 0.2) is 71.1 Å². The molecular formula is C19H15ClN2O2S. The highest BCUT2D eigenvalue weighted by Crippen LogP contribution is 2.34. The van der Waals surface area contributed by atoms with Crippen molar-refractivity contribution < 1.29 is 9.90 Å². The van der Waals surface area contributed by atoms with Gasteiger partial charge in [-0.15, -0.1) is 6.58 Å². The zero-order valence-electron chi connectivity index (χ0n) is 13.2. The summed E-state index contributed by atoms with van der Waals surface area (Å²) >= 11 is 7.19. The van der Waals surface area contributed by atoms with E-state index in [4.69, 9.17) is 11.6 Å². The highest BCUT2D eigenvalue weighted by atomic mass is 35.5. The lowest BCUT2D eigenvalue weighted by atomic mass is 10.2. The van der Waals surface area contributed by atoms with Crippen molar-refractivity contribution in [2.45, 2.75) is 0 Å². The fourth-order valence-corrected chi connectivity index (χ4v) is 3.40. The average Bonchev–Trinajstić information content (AvgIpc) is 2.86. The number of carbonyl (C=O) groups is 1. The van der Waals surface area contributed by atoms with E-state index in [9.17, 15) is 9.90 Å². The standard InChI is InChI=1S/C19H15ClN2O2S/c1-2-10-22-18(24)17(11-13-6-8-14(20)9-7-13)25-19(22)21-15-4-3-5-16(23)12-15/h2-9,11-12,23H,1,10H2. The molecule has 0 bridgehead atoms. The van der Waals surface area contributed by atoms with Crippen LogP contribution in [0, 0.1) is 0 Å². The fourth-order valence-electron chi connectivity index (χ4n) is 2.26. The van der Waals surface area contributed by atoms with Crippen LogP contribution in [-0.4, -0.2) is 27.6 Å². The van der Waals surface area contributed by atoms with Gasteiger partial charge >= 0.3 is 0 Å². The molecule has 4 nitrogen and oxygen atoms in total. The number of amides is 1. The molecule has 0 aliphatic carbocycles. The van der Waals surface area contributed by atoms with E-state index in [-0.39, 0.29) is 11.7 Å². The zero-order valence-corrected chi connectivity index (χ0v) is 14.8. The van der Waals surface area contributed by atoms with Gasteiger partial charge < -0.3 is 5.11 Å². The fraction of sp³-hybridized carbons (Fsp3) is 0.0526. The summed E-state index contributed by atoms with van der Waals surface area (Å²) in [5.74, 6) is 0.00197. The number of aliphatic imine (C=N–C) groups is 1. The molecule has 0 radical (unpaired) electrons. The van der Waals surface area contributed by atoms with Gasteiger partial charge in [0.05, 0.1) is 10.6 Å². The lowest BCUT2D eigenvalue weighted by molar-refractivity contribution is -0.121. The Bertz CT molecular complexity index is 875. The molecule has 2 aromatic rings. The van der Waals surface area contributed by atoms with Crippen molar-refractivity contribution in [3.05, 3.63) is 76.7 Å². The van der Waals surface area contributed by atoms with E-state index in [2.05, 4.69) is 11.6 Å². The molecule has 3 rings (SSSR count). The SMILES string of the molecule is C=CCN1C(=O)C(=Cc2ccc(Cl)cc2)SC1=Nc1cccc(O)c1. The molecule has 0 saturated carbocycles. The van der Waals surface area contributed by atoms with Crippen LogP contribution in [0.5, 0.6) is 5.75 Å². The third-order valence-electron chi connectivity index (χ3n) is 3.42. The minimum Gasteiger partial charge on any atom is -0.508 e. The largest absolute Gasteiger partial charge is 0.508 e. The van der Waals surface area contributed by atoms with Crippen molar-refractivity contribution in [1.82, 2.24) is 4.90 Å². The van der Waals surface area contributed by atoms with Gasteiger partial charge in [-0.1, -0.05) is 35.9 Å². The Hall–Kier alpha value is -2.50. The summed E-state index contributed by atoms with van der Waals surface area (Å²) in [6.45, 7) is 4.06. The lowest BCUT2D eigenvalue weighted by Gasteiger charge is -2.12. The van der Waals surface area contributed by atoms with Crippen molar-refractivity contribution in [1.29, 1.82) is 0 Å². The Morgan fingerprint density at radius 2 is 2.00 bits per heavy atom. The highest BCUT2D eigenvalue weighted by molar-refractivity contribution is 8.18. The maximum absolute atomic E-state index is 12.7. The topological polar surface area (TPSA) is 52.9 Å². The van der Waals surface area contributed by atoms with E-state index < -0.39 is 0 Å². The van der Waals surface area contributed by atoms with Crippen LogP contribution < -0.4 is 0 Å². The summed E-state index contributed by atoms with van der Waals surface area (Å²) < 4.78 is 0. The van der Waals surface area contributed by atoms with Crippen molar-refractivity contribution in [3.63, 3.8) is 0 Å². The van der Waals surface area contributed by atoms with E-state index in [0.29, 0.717) is 27.3 Å². The van der Waals surface area contributed by atoms with Gasteiger partial charge in [-0.2, -0.15) is 0 Å². The lowest BCUT2D eigenvalue weighted by Crippen LogP contribution is -2.29. The maximum Gasteiger partial charge on any atom is 0.267 e. The molecular weight excluding hydrogens is 356 g/mol. The van der Waals surface area contributed by atoms with E-state index in [1.165, 1.54) is 11.8 Å². The minimum absolute atomic E-state index is 0.126. The summed E-state index contributed by atoms with van der Waals surface area (Å²) in [5.41, 5.74) is 1.47. The quantitative estimate of drug-likeness (QED) is 0.619. The molecule has 0 unspecified atom stereocenters. The van der Waals surface area contributed by atoms with E-state index >= 15 is 0 Å². The van der Waals surface area contributed by atoms with E-state index in [1.807, 2.05) is 18.2 Å². The minimum atomic E-state index is -0.126. The number of phenols is 1. The van der Waals surface area contributed by atoms with Gasteiger partial charge in [0.15, 0.2) is 5.17 Å². The second-order valence-corrected chi connectivity index (χ2v) is 6.73. The number of carbonyl (C=O) groups excluding carboxylic acids is 1. The van der Waals surface area contributed by atoms with Crippen LogP contribution in [0.25, 0.3) is 6.08 Å². The molecule has 1 heterocycles. The van der Waals surface area contributed by atoms with Crippen LogP contribution >= 0.6 is 23.4 Å². The highest BCUT2D eigenvalue weighted by Gasteiger charge is 2.32. The van der Waals surface area contributed by atoms with Crippen molar-refractivity contribution in [2.75, 3.05) is 6.54 Å². The third kappa shape index (κ3) is 4.13. The first-order chi connectivity index (χ1) is 12.1. The molecule has 0 aromatic heterocycles. The summed E-state index contributed by atoms with van der Waals surface area (Å²) in [6, 6.07) is 13.9. The molecule has 2 aromatic carbocycles. The Morgan fingerprint density at radius 3 is 2.68 bits per heavy atom. The number of amidine groups is 1. The van der Waals surface area contributed by atoms with Crippen LogP contribution in [0.2, 0.25) is 5.02 Å². The third-order valence-corrected chi connectivity index (χ3v) is 4.68. The summed E-state index contributed by atoms with van der Waals surface area (Å²) in [4.78, 5) is 19.3. The van der Waals surface area contributed by atoms with Gasteiger partial charge in [-0.3, -0.25) is 9.69 Å². The van der Waals surface area contributed by atoms with Gasteiger partial charge in [0, 0.05) is 17.6 Å². The summed E-state index contributed by atoms with van der Waals surface area (Å²) in [7, 11) is 0. The number of halogens is 1. The number of phenolic OH excluding ortho intramolecular Hbond substituents is 1. The zero-order chi connectivity index (χ0) is 17.8. The summed E-state index contributed by atoms with van der Waals surface area (Å²) in [6.07, 6.45) is 3.46. The molecule has 25 heavy (non-hydrogen) atoms. The molecule has 1 aliphatic rings. The number of hydrogen-bond donors (Lipinski definition) is 1. The molecule has 1 fully saturated rings. The maximum atomic E-state index is 12.7. The monoisotopic (exact) mass is 370 g/mol. The van der Waals surface area contributed by atoms with Gasteiger partial charge in [0.2, 0.25) is 0 Å². The second-order valence-electron chi connectivity index (χ2n) is 5.28. The first-order valence-corrected chi connectivity index (χ1v) is 8.72. The van der Waals surface area contributed by atoms with Gasteiger partial charge in [0.1, 0.15) is 5.75 Å². The Balaban J connectivity index is 1.94. The predicted molar refractivity (Wildman–Crippen MR) is 104 cm³/mol. The van der Waals surface area contributed by atoms with Gasteiger partial charge in [-0.25, -0.2) is 4.99 Å². The number of aromatic hydroxyl groups is 1. The Labute approximate surface area is 155 Å². The van der Waals surface area contributed by atoms with Crippen LogP contribution in [-0.2, 0) is 4.79 Å². The normalized spacial score (nSPS) is 17.5. The molecule has 1 saturated heterocycles. The second kappa shape index (κ2) is 7.59. The molecule has 126 valence electrons. The Kier molecular flexibility index (Phi) is 5.26. The van der Waals surface area contributed by atoms with Crippen LogP contribution in [0.1, 0.15) is 5.56 Å². The number of benzene rings is 2. The predicted octanol–water partition coefficient (Wildman–Crippen LogP) is 4.84. The van der Waals surface area contributed by atoms with Crippen molar-refractivity contribution >= 4 is 46.2 Å². The van der Waals surface area contributed by atoms with Crippen LogP contribution in [0.4, 0.5) is 5.69 Å². The van der Waals surface area contributed by atoms with Gasteiger partial charge in [0.25, 0.3) is 5.91 Å². The molecule has 1 N–H and O–H groups in total. The number of thioether (sulfide) groups is 1. The molecule has 1 aliphatic heterocycles. The summed E-state index contributed by atoms with van der Waals surface area (Å²) in [5, 5.41) is 10.8. The molecule has 0 spiro atoms. The molecule has 0 atom stereocenters. The average molecular weight is 371 g/mol. The van der Waals surface area contributed by atoms with Gasteiger partial charge in [-0.05, 0) is 47.7 Å². The molecule has 6 heteroatoms. The Morgan fingerprint density at radius 1 is 1.24 bits per heavy atom. The smallest absolute Gasteiger partial charge is 0.267 e. The number of rotatable bonds is 4. The first-order valence-electron chi connectivity index (χ1n) is 7.52.